The van der Waals surface area contributed by atoms with Crippen molar-refractivity contribution in [2.45, 2.75) is 18.0 Å². The lowest BCUT2D eigenvalue weighted by atomic mass is 10.0. The van der Waals surface area contributed by atoms with Crippen molar-refractivity contribution < 1.29 is 29.6 Å². The number of benzene rings is 1. The van der Waals surface area contributed by atoms with Crippen LogP contribution in [0.4, 0.5) is 5.69 Å². The van der Waals surface area contributed by atoms with E-state index >= 15 is 0 Å². The van der Waals surface area contributed by atoms with Crippen molar-refractivity contribution in [2.75, 3.05) is 52.5 Å². The zero-order valence-electron chi connectivity index (χ0n) is 15.8. The minimum Gasteiger partial charge on any atom is -0.489 e. The van der Waals surface area contributed by atoms with Crippen LogP contribution in [0.3, 0.4) is 0 Å². The molecule has 1 atom stereocenters. The first-order chi connectivity index (χ1) is 12.8. The van der Waals surface area contributed by atoms with E-state index in [0.717, 1.165) is 0 Å². The van der Waals surface area contributed by atoms with Gasteiger partial charge >= 0.3 is 0 Å². The maximum absolute atomic E-state index is 12.3. The first kappa shape index (κ1) is 20.9. The SMILES string of the molecule is CN(C)C(=O)c1ccc2c(c1)N(C)C(CC(=O)NC(CO)(CO)CO)CO2. The molecule has 0 aliphatic carbocycles. The predicted molar refractivity (Wildman–Crippen MR) is 98.9 cm³/mol. The van der Waals surface area contributed by atoms with E-state index in [1.807, 2.05) is 4.90 Å². The van der Waals surface area contributed by atoms with Gasteiger partial charge in [-0.2, -0.15) is 0 Å². The fraction of sp³-hybridized carbons (Fsp3) is 0.556. The molecule has 0 saturated heterocycles. The van der Waals surface area contributed by atoms with E-state index < -0.39 is 31.3 Å². The van der Waals surface area contributed by atoms with E-state index in [4.69, 9.17) is 4.74 Å². The molecule has 2 amide bonds. The Balaban J connectivity index is 2.13. The lowest BCUT2D eigenvalue weighted by Gasteiger charge is -2.37. The van der Waals surface area contributed by atoms with Crippen LogP contribution in [0.5, 0.6) is 5.75 Å². The van der Waals surface area contributed by atoms with Crippen molar-refractivity contribution in [3.63, 3.8) is 0 Å². The quantitative estimate of drug-likeness (QED) is 0.468. The number of hydrogen-bond acceptors (Lipinski definition) is 7. The van der Waals surface area contributed by atoms with Gasteiger partial charge in [-0.25, -0.2) is 0 Å². The number of aliphatic hydroxyl groups excluding tert-OH is 3. The Bertz CT molecular complexity index is 681. The molecule has 1 unspecified atom stereocenters. The van der Waals surface area contributed by atoms with Crippen LogP contribution in [0.2, 0.25) is 0 Å². The minimum absolute atomic E-state index is 0.0313. The summed E-state index contributed by atoms with van der Waals surface area (Å²) in [5.74, 6) is 0.0566. The highest BCUT2D eigenvalue weighted by Crippen LogP contribution is 2.34. The van der Waals surface area contributed by atoms with Crippen LogP contribution >= 0.6 is 0 Å². The summed E-state index contributed by atoms with van der Waals surface area (Å²) in [5.41, 5.74) is -0.252. The van der Waals surface area contributed by atoms with Crippen molar-refractivity contribution in [1.29, 1.82) is 0 Å². The molecule has 2 rings (SSSR count). The Morgan fingerprint density at radius 1 is 1.26 bits per heavy atom. The molecular formula is C18H27N3O6. The van der Waals surface area contributed by atoms with Crippen molar-refractivity contribution >= 4 is 17.5 Å². The summed E-state index contributed by atoms with van der Waals surface area (Å²) in [4.78, 5) is 27.9. The maximum Gasteiger partial charge on any atom is 0.253 e. The molecule has 0 saturated carbocycles. The first-order valence-electron chi connectivity index (χ1n) is 8.62. The Labute approximate surface area is 158 Å². The van der Waals surface area contributed by atoms with Crippen molar-refractivity contribution in [1.82, 2.24) is 10.2 Å². The molecule has 1 aliphatic heterocycles. The van der Waals surface area contributed by atoms with Gasteiger partial charge in [0.25, 0.3) is 5.91 Å². The molecule has 1 heterocycles. The van der Waals surface area contributed by atoms with Crippen LogP contribution < -0.4 is 15.0 Å². The minimum atomic E-state index is -1.46. The van der Waals surface area contributed by atoms with Gasteiger partial charge in [-0.15, -0.1) is 0 Å². The zero-order chi connectivity index (χ0) is 20.2. The number of likely N-dealkylation sites (N-methyl/N-ethyl adjacent to an activating group) is 1. The number of aliphatic hydroxyl groups is 3. The van der Waals surface area contributed by atoms with Crippen molar-refractivity contribution in [3.8, 4) is 5.75 Å². The van der Waals surface area contributed by atoms with E-state index in [0.29, 0.717) is 17.0 Å². The molecule has 0 radical (unpaired) electrons. The number of nitrogens with zero attached hydrogens (tertiary/aromatic N) is 2. The second-order valence-electron chi connectivity index (χ2n) is 6.96. The van der Waals surface area contributed by atoms with Gasteiger partial charge < -0.3 is 35.2 Å². The number of carbonyl (C=O) groups excluding carboxylic acids is 2. The number of amides is 2. The number of hydrogen-bond donors (Lipinski definition) is 4. The molecule has 4 N–H and O–H groups in total. The molecular weight excluding hydrogens is 354 g/mol. The van der Waals surface area contributed by atoms with E-state index in [-0.39, 0.29) is 25.0 Å². The maximum atomic E-state index is 12.3. The third-order valence-corrected chi connectivity index (χ3v) is 4.70. The lowest BCUT2D eigenvalue weighted by Crippen LogP contribution is -2.58. The number of carbonyl (C=O) groups is 2. The number of ether oxygens (including phenoxy) is 1. The molecule has 0 fully saturated rings. The molecule has 27 heavy (non-hydrogen) atoms. The van der Waals surface area contributed by atoms with Gasteiger partial charge in [-0.1, -0.05) is 0 Å². The molecule has 1 aromatic rings. The zero-order valence-corrected chi connectivity index (χ0v) is 15.8. The smallest absolute Gasteiger partial charge is 0.253 e. The number of nitrogens with one attached hydrogen (secondary N) is 1. The Morgan fingerprint density at radius 2 is 1.89 bits per heavy atom. The summed E-state index contributed by atoms with van der Waals surface area (Å²) >= 11 is 0. The fourth-order valence-corrected chi connectivity index (χ4v) is 2.83. The third kappa shape index (κ3) is 4.49. The van der Waals surface area contributed by atoms with Crippen molar-refractivity contribution in [2.24, 2.45) is 0 Å². The summed E-state index contributed by atoms with van der Waals surface area (Å²) in [5, 5.41) is 30.5. The highest BCUT2D eigenvalue weighted by atomic mass is 16.5. The molecule has 0 aromatic heterocycles. The van der Waals surface area contributed by atoms with E-state index in [9.17, 15) is 24.9 Å². The largest absolute Gasteiger partial charge is 0.489 e. The summed E-state index contributed by atoms with van der Waals surface area (Å²) in [6.07, 6.45) is 0.0313. The molecule has 9 heteroatoms. The summed E-state index contributed by atoms with van der Waals surface area (Å²) in [6, 6.07) is 4.84. The topological polar surface area (TPSA) is 123 Å². The number of rotatable bonds is 7. The van der Waals surface area contributed by atoms with Gasteiger partial charge in [-0.3, -0.25) is 9.59 Å². The highest BCUT2D eigenvalue weighted by Gasteiger charge is 2.33. The Hall–Kier alpha value is -2.36. The molecule has 1 aromatic carbocycles. The average Bonchev–Trinajstić information content (AvgIpc) is 2.67. The fourth-order valence-electron chi connectivity index (χ4n) is 2.83. The Kier molecular flexibility index (Phi) is 6.63. The average molecular weight is 381 g/mol. The number of anilines is 1. The van der Waals surface area contributed by atoms with Gasteiger partial charge in [-0.05, 0) is 18.2 Å². The van der Waals surface area contributed by atoms with Gasteiger partial charge in [0, 0.05) is 26.7 Å². The molecule has 9 nitrogen and oxygen atoms in total. The van der Waals surface area contributed by atoms with Gasteiger partial charge in [0.2, 0.25) is 5.91 Å². The van der Waals surface area contributed by atoms with Crippen LogP contribution in [-0.4, -0.2) is 91.2 Å². The third-order valence-electron chi connectivity index (χ3n) is 4.70. The van der Waals surface area contributed by atoms with Crippen LogP contribution in [0.1, 0.15) is 16.8 Å². The first-order valence-corrected chi connectivity index (χ1v) is 8.62. The number of fused-ring (bicyclic) bond motifs is 1. The molecule has 0 bridgehead atoms. The van der Waals surface area contributed by atoms with Gasteiger partial charge in [0.15, 0.2) is 0 Å². The molecule has 150 valence electrons. The highest BCUT2D eigenvalue weighted by molar-refractivity contribution is 5.95. The van der Waals surface area contributed by atoms with E-state index in [2.05, 4.69) is 5.32 Å². The van der Waals surface area contributed by atoms with Crippen LogP contribution in [0.15, 0.2) is 18.2 Å². The second kappa shape index (κ2) is 8.55. The lowest BCUT2D eigenvalue weighted by molar-refractivity contribution is -0.126. The van der Waals surface area contributed by atoms with Gasteiger partial charge in [0.1, 0.15) is 17.9 Å². The van der Waals surface area contributed by atoms with Crippen molar-refractivity contribution in [3.05, 3.63) is 23.8 Å². The summed E-state index contributed by atoms with van der Waals surface area (Å²) in [6.45, 7) is -1.48. The Morgan fingerprint density at radius 3 is 2.44 bits per heavy atom. The van der Waals surface area contributed by atoms with Crippen LogP contribution in [0.25, 0.3) is 0 Å². The van der Waals surface area contributed by atoms with Gasteiger partial charge in [0.05, 0.1) is 38.0 Å². The second-order valence-corrected chi connectivity index (χ2v) is 6.96. The normalized spacial score (nSPS) is 16.4. The molecule has 1 aliphatic rings. The summed E-state index contributed by atoms with van der Waals surface area (Å²) < 4.78 is 5.72. The van der Waals surface area contributed by atoms with Crippen LogP contribution in [0, 0.1) is 0 Å². The standard InChI is InChI=1S/C18H27N3O6/c1-20(2)17(26)12-4-5-15-14(6-12)21(3)13(8-27-15)7-16(25)19-18(9-22,10-23)11-24/h4-6,13,22-24H,7-11H2,1-3H3,(H,19,25). The molecule has 0 spiro atoms. The van der Waals surface area contributed by atoms with E-state index in [1.54, 1.807) is 39.3 Å². The van der Waals surface area contributed by atoms with E-state index in [1.165, 1.54) is 4.90 Å². The van der Waals surface area contributed by atoms with Crippen LogP contribution in [-0.2, 0) is 4.79 Å². The predicted octanol–water partition coefficient (Wildman–Crippen LogP) is -1.19. The summed E-state index contributed by atoms with van der Waals surface area (Å²) in [7, 11) is 5.15. The monoisotopic (exact) mass is 381 g/mol.